The fourth-order valence-electron chi connectivity index (χ4n) is 1.70. The molecule has 0 spiro atoms. The highest BCUT2D eigenvalue weighted by Crippen LogP contribution is 2.24. The van der Waals surface area contributed by atoms with Crippen molar-refractivity contribution in [1.82, 2.24) is 5.01 Å². The summed E-state index contributed by atoms with van der Waals surface area (Å²) in [4.78, 5) is 10.0. The fraction of sp³-hybridized carbons (Fsp3) is 0.143. The molecular weight excluding hydrogens is 275 g/mol. The molecule has 2 aromatic carbocycles. The normalized spacial score (nSPS) is 10.8. The van der Waals surface area contributed by atoms with Crippen LogP contribution < -0.4 is 0 Å². The summed E-state index contributed by atoms with van der Waals surface area (Å²) in [5, 5.41) is 19.7. The summed E-state index contributed by atoms with van der Waals surface area (Å²) >= 11 is 0. The molecule has 0 aliphatic rings. The Hall–Kier alpha value is -2.83. The van der Waals surface area contributed by atoms with E-state index in [2.05, 4.69) is 10.3 Å². The lowest BCUT2D eigenvalue weighted by Crippen LogP contribution is -2.09. The molecule has 0 aliphatic heterocycles. The first-order valence-electron chi connectivity index (χ1n) is 6.17. The van der Waals surface area contributed by atoms with Crippen LogP contribution in [0.5, 0.6) is 0 Å². The van der Waals surface area contributed by atoms with Crippen molar-refractivity contribution >= 4 is 11.4 Å². The predicted molar refractivity (Wildman–Crippen MR) is 75.5 cm³/mol. The van der Waals surface area contributed by atoms with Crippen molar-refractivity contribution in [2.24, 2.45) is 10.3 Å². The number of halogens is 1. The molecule has 0 fully saturated rings. The van der Waals surface area contributed by atoms with Crippen LogP contribution in [0.25, 0.3) is 0 Å². The van der Waals surface area contributed by atoms with Crippen molar-refractivity contribution in [2.75, 3.05) is 7.05 Å². The molecule has 0 aromatic heterocycles. The van der Waals surface area contributed by atoms with Crippen molar-refractivity contribution in [3.63, 3.8) is 0 Å². The monoisotopic (exact) mass is 288 g/mol. The quantitative estimate of drug-likeness (QED) is 0.476. The molecule has 0 radical (unpaired) electrons. The molecule has 6 nitrogen and oxygen atoms in total. The number of non-ortho nitro benzene ring substituents is 1. The van der Waals surface area contributed by atoms with Gasteiger partial charge in [0.25, 0.3) is 5.69 Å². The van der Waals surface area contributed by atoms with Gasteiger partial charge in [0.05, 0.1) is 11.5 Å². The molecule has 0 atom stereocenters. The van der Waals surface area contributed by atoms with E-state index in [0.717, 1.165) is 23.8 Å². The molecule has 0 aliphatic carbocycles. The van der Waals surface area contributed by atoms with E-state index in [0.29, 0.717) is 6.54 Å². The minimum atomic E-state index is -0.655. The second-order valence-electron chi connectivity index (χ2n) is 4.38. The highest BCUT2D eigenvalue weighted by Gasteiger charge is 2.10. The molecular formula is C14H13FN4O2. The van der Waals surface area contributed by atoms with Crippen molar-refractivity contribution in [3.05, 3.63) is 70.0 Å². The predicted octanol–water partition coefficient (Wildman–Crippen LogP) is 3.86. The number of benzene rings is 2. The van der Waals surface area contributed by atoms with E-state index in [1.807, 2.05) is 30.3 Å². The van der Waals surface area contributed by atoms with Crippen LogP contribution in [0.4, 0.5) is 15.8 Å². The topological polar surface area (TPSA) is 71.1 Å². The van der Waals surface area contributed by atoms with Gasteiger partial charge < -0.3 is 0 Å². The highest BCUT2D eigenvalue weighted by molar-refractivity contribution is 5.47. The van der Waals surface area contributed by atoms with Gasteiger partial charge in [-0.25, -0.2) is 4.39 Å². The zero-order chi connectivity index (χ0) is 15.2. The Balaban J connectivity index is 2.10. The standard InChI is InChI=1S/C14H13FN4O2/c1-18(10-11-5-3-2-4-6-11)17-16-14-9-12(19(20)21)7-8-13(14)15/h2-9H,10H2,1H3. The average molecular weight is 288 g/mol. The van der Waals surface area contributed by atoms with Crippen molar-refractivity contribution < 1.29 is 9.31 Å². The number of nitro benzene ring substituents is 1. The van der Waals surface area contributed by atoms with Crippen LogP contribution in [0, 0.1) is 15.9 Å². The van der Waals surface area contributed by atoms with Crippen LogP contribution in [0.2, 0.25) is 0 Å². The van der Waals surface area contributed by atoms with E-state index < -0.39 is 10.7 Å². The third kappa shape index (κ3) is 4.07. The Morgan fingerprint density at radius 2 is 1.95 bits per heavy atom. The van der Waals surface area contributed by atoms with Crippen LogP contribution in [-0.2, 0) is 6.54 Å². The molecule has 0 saturated carbocycles. The minimum absolute atomic E-state index is 0.163. The molecule has 0 amide bonds. The van der Waals surface area contributed by atoms with Crippen LogP contribution in [0.3, 0.4) is 0 Å². The molecule has 0 N–H and O–H groups in total. The Kier molecular flexibility index (Phi) is 4.55. The first kappa shape index (κ1) is 14.6. The largest absolute Gasteiger partial charge is 0.277 e. The highest BCUT2D eigenvalue weighted by atomic mass is 19.1. The molecule has 108 valence electrons. The molecule has 21 heavy (non-hydrogen) atoms. The lowest BCUT2D eigenvalue weighted by Gasteiger charge is -2.10. The lowest BCUT2D eigenvalue weighted by atomic mass is 10.2. The smallest absolute Gasteiger partial charge is 0.271 e. The van der Waals surface area contributed by atoms with E-state index in [4.69, 9.17) is 0 Å². The third-order valence-electron chi connectivity index (χ3n) is 2.70. The second-order valence-corrected chi connectivity index (χ2v) is 4.38. The molecule has 2 aromatic rings. The van der Waals surface area contributed by atoms with Gasteiger partial charge in [0, 0.05) is 19.2 Å². The first-order valence-corrected chi connectivity index (χ1v) is 6.17. The van der Waals surface area contributed by atoms with E-state index in [-0.39, 0.29) is 11.4 Å². The Bertz CT molecular complexity index is 661. The van der Waals surface area contributed by atoms with Crippen LogP contribution in [0.15, 0.2) is 58.9 Å². The van der Waals surface area contributed by atoms with E-state index in [1.54, 1.807) is 7.05 Å². The van der Waals surface area contributed by atoms with Gasteiger partial charge in [0.2, 0.25) is 0 Å². The summed E-state index contributed by atoms with van der Waals surface area (Å²) in [5.74, 6) is -0.655. The summed E-state index contributed by atoms with van der Waals surface area (Å²) < 4.78 is 13.5. The maximum Gasteiger partial charge on any atom is 0.271 e. The SMILES string of the molecule is CN(Cc1ccccc1)N=Nc1cc([N+](=O)[O-])ccc1F. The Morgan fingerprint density at radius 1 is 1.24 bits per heavy atom. The summed E-state index contributed by atoms with van der Waals surface area (Å²) in [6.07, 6.45) is 0. The Morgan fingerprint density at radius 3 is 2.62 bits per heavy atom. The summed E-state index contributed by atoms with van der Waals surface area (Å²) in [6, 6.07) is 12.7. The van der Waals surface area contributed by atoms with Gasteiger partial charge in [-0.15, -0.1) is 5.11 Å². The molecule has 0 saturated heterocycles. The summed E-state index contributed by atoms with van der Waals surface area (Å²) in [7, 11) is 1.69. The van der Waals surface area contributed by atoms with Gasteiger partial charge in [0.1, 0.15) is 5.69 Å². The zero-order valence-electron chi connectivity index (χ0n) is 11.3. The number of nitro groups is 1. The number of hydrogen-bond acceptors (Lipinski definition) is 4. The van der Waals surface area contributed by atoms with Gasteiger partial charge >= 0.3 is 0 Å². The lowest BCUT2D eigenvalue weighted by molar-refractivity contribution is -0.384. The van der Waals surface area contributed by atoms with Gasteiger partial charge in [-0.05, 0) is 11.6 Å². The molecule has 2 rings (SSSR count). The van der Waals surface area contributed by atoms with Gasteiger partial charge in [-0.1, -0.05) is 35.6 Å². The maximum atomic E-state index is 13.5. The van der Waals surface area contributed by atoms with Gasteiger partial charge in [-0.3, -0.25) is 15.1 Å². The third-order valence-corrected chi connectivity index (χ3v) is 2.70. The van der Waals surface area contributed by atoms with Crippen molar-refractivity contribution in [2.45, 2.75) is 6.54 Å². The summed E-state index contributed by atoms with van der Waals surface area (Å²) in [6.45, 7) is 0.501. The molecule has 0 unspecified atom stereocenters. The number of rotatable bonds is 5. The molecule has 0 heterocycles. The van der Waals surface area contributed by atoms with E-state index in [9.17, 15) is 14.5 Å². The molecule has 0 bridgehead atoms. The number of hydrogen-bond donors (Lipinski definition) is 0. The fourth-order valence-corrected chi connectivity index (χ4v) is 1.70. The van der Waals surface area contributed by atoms with Crippen LogP contribution in [0.1, 0.15) is 5.56 Å². The average Bonchev–Trinajstić information content (AvgIpc) is 2.47. The van der Waals surface area contributed by atoms with Gasteiger partial charge in [0.15, 0.2) is 5.82 Å². The summed E-state index contributed by atoms with van der Waals surface area (Å²) in [5.41, 5.74) is 0.638. The zero-order valence-corrected chi connectivity index (χ0v) is 11.3. The van der Waals surface area contributed by atoms with E-state index in [1.165, 1.54) is 5.01 Å². The number of nitrogens with zero attached hydrogens (tertiary/aromatic N) is 4. The van der Waals surface area contributed by atoms with Crippen LogP contribution >= 0.6 is 0 Å². The van der Waals surface area contributed by atoms with E-state index >= 15 is 0 Å². The van der Waals surface area contributed by atoms with Crippen LogP contribution in [-0.4, -0.2) is 17.0 Å². The maximum absolute atomic E-state index is 13.5. The minimum Gasteiger partial charge on any atom is -0.277 e. The molecule has 7 heteroatoms. The second kappa shape index (κ2) is 6.56. The van der Waals surface area contributed by atoms with Crippen molar-refractivity contribution in [1.29, 1.82) is 0 Å². The van der Waals surface area contributed by atoms with Crippen molar-refractivity contribution in [3.8, 4) is 0 Å². The van der Waals surface area contributed by atoms with Gasteiger partial charge in [-0.2, -0.15) is 0 Å². The Labute approximate surface area is 120 Å². The first-order chi connectivity index (χ1) is 10.1.